The summed E-state index contributed by atoms with van der Waals surface area (Å²) in [6, 6.07) is 9.73. The van der Waals surface area contributed by atoms with E-state index in [9.17, 15) is 8.42 Å². The van der Waals surface area contributed by atoms with E-state index in [-0.39, 0.29) is 17.1 Å². The molecule has 2 rings (SSSR count). The Hall–Kier alpha value is -0.870. The van der Waals surface area contributed by atoms with Gasteiger partial charge in [0.2, 0.25) is 0 Å². The second-order valence-electron chi connectivity index (χ2n) is 4.13. The first-order valence-electron chi connectivity index (χ1n) is 4.99. The average Bonchev–Trinajstić information content (AvgIpc) is 2.92. The number of hydrogen-bond donors (Lipinski definition) is 1. The first-order valence-corrected chi connectivity index (χ1v) is 6.95. The predicted octanol–water partition coefficient (Wildman–Crippen LogP) is 0.772. The molecule has 3 nitrogen and oxygen atoms in total. The Labute approximate surface area is 90.2 Å². The molecule has 0 bridgehead atoms. The van der Waals surface area contributed by atoms with Crippen LogP contribution in [0.15, 0.2) is 30.3 Å². The zero-order chi connectivity index (χ0) is 11.1. The minimum atomic E-state index is -2.97. The Kier molecular flexibility index (Phi) is 2.56. The zero-order valence-corrected chi connectivity index (χ0v) is 9.44. The van der Waals surface area contributed by atoms with Gasteiger partial charge in [-0.2, -0.15) is 0 Å². The second-order valence-corrected chi connectivity index (χ2v) is 6.33. The Morgan fingerprint density at radius 1 is 1.27 bits per heavy atom. The van der Waals surface area contributed by atoms with Crippen molar-refractivity contribution >= 4 is 9.84 Å². The molecule has 0 radical (unpaired) electrons. The highest BCUT2D eigenvalue weighted by Gasteiger charge is 2.55. The minimum Gasteiger partial charge on any atom is -0.330 e. The highest BCUT2D eigenvalue weighted by atomic mass is 32.2. The van der Waals surface area contributed by atoms with E-state index in [0.717, 1.165) is 5.56 Å². The van der Waals surface area contributed by atoms with Gasteiger partial charge in [-0.15, -0.1) is 0 Å². The molecule has 1 aromatic carbocycles. The fourth-order valence-corrected chi connectivity index (χ4v) is 4.04. The fourth-order valence-electron chi connectivity index (χ4n) is 2.32. The van der Waals surface area contributed by atoms with Crippen molar-refractivity contribution in [1.29, 1.82) is 0 Å². The lowest BCUT2D eigenvalue weighted by Crippen LogP contribution is -2.11. The van der Waals surface area contributed by atoms with E-state index in [1.54, 1.807) is 0 Å². The van der Waals surface area contributed by atoms with Gasteiger partial charge in [0.1, 0.15) is 0 Å². The van der Waals surface area contributed by atoms with Gasteiger partial charge < -0.3 is 5.73 Å². The van der Waals surface area contributed by atoms with Gasteiger partial charge in [0.05, 0.1) is 5.25 Å². The van der Waals surface area contributed by atoms with Crippen LogP contribution in [0, 0.1) is 5.92 Å². The van der Waals surface area contributed by atoms with Crippen molar-refractivity contribution in [2.75, 3.05) is 12.8 Å². The Bertz CT molecular complexity index is 441. The van der Waals surface area contributed by atoms with Gasteiger partial charge in [-0.1, -0.05) is 30.3 Å². The van der Waals surface area contributed by atoms with E-state index >= 15 is 0 Å². The number of hydrogen-bond acceptors (Lipinski definition) is 3. The summed E-state index contributed by atoms with van der Waals surface area (Å²) < 4.78 is 23.0. The van der Waals surface area contributed by atoms with Crippen LogP contribution in [-0.4, -0.2) is 26.5 Å². The third-order valence-corrected chi connectivity index (χ3v) is 4.68. The zero-order valence-electron chi connectivity index (χ0n) is 8.63. The van der Waals surface area contributed by atoms with Crippen molar-refractivity contribution in [3.05, 3.63) is 35.9 Å². The summed E-state index contributed by atoms with van der Waals surface area (Å²) in [5.74, 6) is 0.202. The topological polar surface area (TPSA) is 60.2 Å². The second kappa shape index (κ2) is 3.61. The van der Waals surface area contributed by atoms with Crippen molar-refractivity contribution in [2.24, 2.45) is 11.7 Å². The van der Waals surface area contributed by atoms with Crippen molar-refractivity contribution in [3.8, 4) is 0 Å². The van der Waals surface area contributed by atoms with Crippen LogP contribution in [-0.2, 0) is 9.84 Å². The molecule has 0 amide bonds. The summed E-state index contributed by atoms with van der Waals surface area (Å²) in [6.07, 6.45) is 1.29. The number of sulfone groups is 1. The molecule has 1 saturated carbocycles. The minimum absolute atomic E-state index is 0.0994. The maximum atomic E-state index is 11.5. The predicted molar refractivity (Wildman–Crippen MR) is 60.4 cm³/mol. The molecular formula is C11H15NO2S. The van der Waals surface area contributed by atoms with Crippen molar-refractivity contribution < 1.29 is 8.42 Å². The van der Waals surface area contributed by atoms with Crippen LogP contribution in [0.5, 0.6) is 0 Å². The van der Waals surface area contributed by atoms with E-state index in [0.29, 0.717) is 6.54 Å². The molecule has 0 aromatic heterocycles. The van der Waals surface area contributed by atoms with Crippen molar-refractivity contribution in [3.63, 3.8) is 0 Å². The van der Waals surface area contributed by atoms with Gasteiger partial charge in [-0.25, -0.2) is 8.42 Å². The molecule has 0 spiro atoms. The van der Waals surface area contributed by atoms with E-state index in [4.69, 9.17) is 5.73 Å². The lowest BCUT2D eigenvalue weighted by atomic mass is 10.1. The smallest absolute Gasteiger partial charge is 0.151 e. The number of rotatable bonds is 3. The van der Waals surface area contributed by atoms with Gasteiger partial charge in [0.15, 0.2) is 9.84 Å². The summed E-state index contributed by atoms with van der Waals surface area (Å²) in [4.78, 5) is 0. The van der Waals surface area contributed by atoms with Gasteiger partial charge in [0, 0.05) is 12.2 Å². The number of benzene rings is 1. The summed E-state index contributed by atoms with van der Waals surface area (Å²) in [5.41, 5.74) is 6.67. The largest absolute Gasteiger partial charge is 0.330 e. The van der Waals surface area contributed by atoms with E-state index < -0.39 is 9.84 Å². The highest BCUT2D eigenvalue weighted by molar-refractivity contribution is 7.91. The fraction of sp³-hybridized carbons (Fsp3) is 0.455. The van der Waals surface area contributed by atoms with Gasteiger partial charge in [0.25, 0.3) is 0 Å². The standard InChI is InChI=1S/C11H15NO2S/c1-15(13,14)11-9(7-12)10(11)8-5-3-2-4-6-8/h2-6,9-11H,7,12H2,1H3. The molecule has 0 saturated heterocycles. The lowest BCUT2D eigenvalue weighted by Gasteiger charge is -1.97. The van der Waals surface area contributed by atoms with Crippen LogP contribution in [0.25, 0.3) is 0 Å². The highest BCUT2D eigenvalue weighted by Crippen LogP contribution is 2.51. The Balaban J connectivity index is 2.27. The normalized spacial score (nSPS) is 30.1. The quantitative estimate of drug-likeness (QED) is 0.826. The summed E-state index contributed by atoms with van der Waals surface area (Å²) in [6.45, 7) is 0.442. The molecular weight excluding hydrogens is 210 g/mol. The third kappa shape index (κ3) is 1.92. The maximum Gasteiger partial charge on any atom is 0.151 e. The number of nitrogens with two attached hydrogens (primary N) is 1. The Morgan fingerprint density at radius 3 is 2.27 bits per heavy atom. The van der Waals surface area contributed by atoms with Crippen molar-refractivity contribution in [1.82, 2.24) is 0 Å². The summed E-state index contributed by atoms with van der Waals surface area (Å²) in [5, 5.41) is -0.273. The molecule has 0 heterocycles. The van der Waals surface area contributed by atoms with E-state index in [1.807, 2.05) is 30.3 Å². The molecule has 3 atom stereocenters. The summed E-state index contributed by atoms with van der Waals surface area (Å²) >= 11 is 0. The van der Waals surface area contributed by atoms with Crippen LogP contribution in [0.1, 0.15) is 11.5 Å². The van der Waals surface area contributed by atoms with Crippen LogP contribution in [0.3, 0.4) is 0 Å². The molecule has 1 aliphatic rings. The van der Waals surface area contributed by atoms with E-state index in [1.165, 1.54) is 6.26 Å². The van der Waals surface area contributed by atoms with Gasteiger partial charge in [-0.05, 0) is 18.0 Å². The molecule has 1 aromatic rings. The molecule has 4 heteroatoms. The monoisotopic (exact) mass is 225 g/mol. The van der Waals surface area contributed by atoms with Crippen LogP contribution < -0.4 is 5.73 Å². The average molecular weight is 225 g/mol. The van der Waals surface area contributed by atoms with Gasteiger partial charge >= 0.3 is 0 Å². The molecule has 15 heavy (non-hydrogen) atoms. The maximum absolute atomic E-state index is 11.5. The van der Waals surface area contributed by atoms with Crippen molar-refractivity contribution in [2.45, 2.75) is 11.2 Å². The summed E-state index contributed by atoms with van der Waals surface area (Å²) in [7, 11) is -2.97. The molecule has 2 N–H and O–H groups in total. The van der Waals surface area contributed by atoms with Crippen LogP contribution >= 0.6 is 0 Å². The van der Waals surface area contributed by atoms with Gasteiger partial charge in [-0.3, -0.25) is 0 Å². The molecule has 0 aliphatic heterocycles. The molecule has 3 unspecified atom stereocenters. The third-order valence-electron chi connectivity index (χ3n) is 3.05. The van der Waals surface area contributed by atoms with Crippen LogP contribution in [0.2, 0.25) is 0 Å². The molecule has 1 aliphatic carbocycles. The Morgan fingerprint density at radius 2 is 1.87 bits per heavy atom. The van der Waals surface area contributed by atoms with E-state index in [2.05, 4.69) is 0 Å². The SMILES string of the molecule is CS(=O)(=O)C1C(CN)C1c1ccccc1. The lowest BCUT2D eigenvalue weighted by molar-refractivity contribution is 0.597. The van der Waals surface area contributed by atoms with Crippen LogP contribution in [0.4, 0.5) is 0 Å². The molecule has 1 fully saturated rings. The first-order chi connectivity index (χ1) is 7.05. The first kappa shape index (κ1) is 10.6. The molecule has 82 valence electrons.